The fraction of sp³-hybridized carbons (Fsp3) is 0.625. The van der Waals surface area contributed by atoms with E-state index < -0.39 is 0 Å². The molecular weight excluding hydrogens is 366 g/mol. The molecule has 1 N–H and O–H groups in total. The van der Waals surface area contributed by atoms with E-state index in [4.69, 9.17) is 0 Å². The van der Waals surface area contributed by atoms with Gasteiger partial charge in [0.25, 0.3) is 5.91 Å². The number of rotatable bonds is 4. The first kappa shape index (κ1) is 22.9. The molecule has 0 spiro atoms. The smallest absolute Gasteiger partial charge is 0.260 e. The summed E-state index contributed by atoms with van der Waals surface area (Å²) in [6.45, 7) is 18.7. The van der Waals surface area contributed by atoms with Crippen LogP contribution in [0.4, 0.5) is 0 Å². The van der Waals surface area contributed by atoms with Crippen molar-refractivity contribution >= 4 is 23.7 Å². The van der Waals surface area contributed by atoms with Crippen LogP contribution in [-0.2, 0) is 15.6 Å². The van der Waals surface area contributed by atoms with E-state index in [-0.39, 0.29) is 16.7 Å². The summed E-state index contributed by atoms with van der Waals surface area (Å²) in [5.74, 6) is 2.05. The fourth-order valence-corrected chi connectivity index (χ4v) is 4.35. The Kier molecular flexibility index (Phi) is 6.96. The van der Waals surface area contributed by atoms with Gasteiger partial charge in [0.15, 0.2) is 0 Å². The maximum Gasteiger partial charge on any atom is 0.260 e. The van der Waals surface area contributed by atoms with Gasteiger partial charge in [-0.25, -0.2) is 0 Å². The number of amides is 1. The minimum absolute atomic E-state index is 0.139. The average Bonchev–Trinajstić information content (AvgIpc) is 2.54. The van der Waals surface area contributed by atoms with E-state index in [1.54, 1.807) is 11.8 Å². The second-order valence-corrected chi connectivity index (χ2v) is 11.4. The highest BCUT2D eigenvalue weighted by Gasteiger charge is 2.28. The zero-order chi connectivity index (χ0) is 21.3. The van der Waals surface area contributed by atoms with Crippen molar-refractivity contribution in [3.05, 3.63) is 33.7 Å². The number of carbonyl (C=O) groups is 1. The first-order valence-electron chi connectivity index (χ1n) is 10.3. The highest BCUT2D eigenvalue weighted by Crippen LogP contribution is 2.40. The number of benzene rings is 1. The van der Waals surface area contributed by atoms with Crippen LogP contribution in [0.3, 0.4) is 0 Å². The predicted octanol–water partition coefficient (Wildman–Crippen LogP) is 5.95. The largest absolute Gasteiger partial charge is 0.507 e. The van der Waals surface area contributed by atoms with Crippen LogP contribution in [0, 0.1) is 5.92 Å². The Morgan fingerprint density at radius 1 is 1.11 bits per heavy atom. The molecule has 4 heteroatoms. The number of hydrogen-bond acceptors (Lipinski definition) is 3. The van der Waals surface area contributed by atoms with Crippen LogP contribution in [-0.4, -0.2) is 34.8 Å². The number of nitrogens with zero attached hydrogens (tertiary/aromatic N) is 1. The van der Waals surface area contributed by atoms with Crippen LogP contribution >= 0.6 is 11.8 Å². The molecule has 0 aliphatic carbocycles. The van der Waals surface area contributed by atoms with Crippen LogP contribution < -0.4 is 0 Å². The summed E-state index contributed by atoms with van der Waals surface area (Å²) < 4.78 is 0. The molecule has 3 nitrogen and oxygen atoms in total. The van der Waals surface area contributed by atoms with Gasteiger partial charge in [-0.2, -0.15) is 0 Å². The van der Waals surface area contributed by atoms with Crippen molar-refractivity contribution in [3.63, 3.8) is 0 Å². The zero-order valence-corrected chi connectivity index (χ0v) is 19.7. The lowest BCUT2D eigenvalue weighted by Crippen LogP contribution is -2.38. The minimum atomic E-state index is -0.175. The fourth-order valence-electron chi connectivity index (χ4n) is 3.35. The van der Waals surface area contributed by atoms with E-state index in [1.807, 2.05) is 23.1 Å². The summed E-state index contributed by atoms with van der Waals surface area (Å²) in [4.78, 5) is 15.8. The minimum Gasteiger partial charge on any atom is -0.507 e. The Labute approximate surface area is 175 Å². The monoisotopic (exact) mass is 403 g/mol. The molecule has 0 atom stereocenters. The number of aromatic hydroxyl groups is 1. The average molecular weight is 404 g/mol. The molecule has 1 saturated heterocycles. The van der Waals surface area contributed by atoms with Gasteiger partial charge in [-0.05, 0) is 46.9 Å². The quantitative estimate of drug-likeness (QED) is 0.632. The second kappa shape index (κ2) is 8.52. The topological polar surface area (TPSA) is 40.5 Å². The summed E-state index contributed by atoms with van der Waals surface area (Å²) in [5, 5.41) is 10.9. The third kappa shape index (κ3) is 5.56. The Morgan fingerprint density at radius 3 is 2.11 bits per heavy atom. The summed E-state index contributed by atoms with van der Waals surface area (Å²) >= 11 is 1.64. The molecule has 0 bridgehead atoms. The molecule has 0 radical (unpaired) electrons. The van der Waals surface area contributed by atoms with Crippen LogP contribution in [0.15, 0.2) is 17.0 Å². The Balaban J connectivity index is 2.45. The van der Waals surface area contributed by atoms with E-state index in [2.05, 4.69) is 55.4 Å². The molecule has 0 saturated carbocycles. The van der Waals surface area contributed by atoms with Crippen LogP contribution in [0.5, 0.6) is 5.75 Å². The van der Waals surface area contributed by atoms with Gasteiger partial charge < -0.3 is 10.0 Å². The van der Waals surface area contributed by atoms with Gasteiger partial charge in [0, 0.05) is 30.0 Å². The van der Waals surface area contributed by atoms with Crippen molar-refractivity contribution in [2.45, 2.75) is 72.6 Å². The standard InChI is InChI=1S/C24H37NO2S/c1-16(2)9-10-25-11-12-28-20(22(25)27)15-17-13-18(23(3,4)5)21(26)19(14-17)24(6,7)8/h13-16,26H,9-12H2,1-8H3. The number of phenols is 1. The van der Waals surface area contributed by atoms with Gasteiger partial charge in [-0.1, -0.05) is 55.4 Å². The van der Waals surface area contributed by atoms with Gasteiger partial charge >= 0.3 is 0 Å². The molecule has 28 heavy (non-hydrogen) atoms. The molecular formula is C24H37NO2S. The van der Waals surface area contributed by atoms with E-state index in [1.165, 1.54) is 0 Å². The van der Waals surface area contributed by atoms with Crippen molar-refractivity contribution in [3.8, 4) is 5.75 Å². The maximum absolute atomic E-state index is 13.0. The molecule has 1 amide bonds. The molecule has 1 aliphatic heterocycles. The highest BCUT2D eigenvalue weighted by atomic mass is 32.2. The molecule has 1 heterocycles. The molecule has 2 rings (SSSR count). The van der Waals surface area contributed by atoms with Gasteiger partial charge in [0.2, 0.25) is 0 Å². The number of phenolic OH excluding ortho intramolecular Hbond substituents is 1. The highest BCUT2D eigenvalue weighted by molar-refractivity contribution is 8.04. The third-order valence-corrected chi connectivity index (χ3v) is 6.13. The SMILES string of the molecule is CC(C)CCN1CCSC(=Cc2cc(C(C)(C)C)c(O)c(C(C)(C)C)c2)C1=O. The van der Waals surface area contributed by atoms with Gasteiger partial charge in [-0.3, -0.25) is 4.79 Å². The second-order valence-electron chi connectivity index (χ2n) is 10.3. The van der Waals surface area contributed by atoms with Crippen molar-refractivity contribution in [1.82, 2.24) is 4.90 Å². The van der Waals surface area contributed by atoms with Gasteiger partial charge in [0.1, 0.15) is 5.75 Å². The molecule has 1 aliphatic rings. The number of hydrogen-bond donors (Lipinski definition) is 1. The lowest BCUT2D eigenvalue weighted by molar-refractivity contribution is -0.126. The molecule has 1 aromatic carbocycles. The van der Waals surface area contributed by atoms with Gasteiger partial charge in [0.05, 0.1) is 4.91 Å². The van der Waals surface area contributed by atoms with E-state index in [9.17, 15) is 9.90 Å². The number of carbonyl (C=O) groups excluding carboxylic acids is 1. The molecule has 1 aromatic rings. The first-order valence-corrected chi connectivity index (χ1v) is 11.3. The number of thioether (sulfide) groups is 1. The summed E-state index contributed by atoms with van der Waals surface area (Å²) in [5.41, 5.74) is 2.50. The molecule has 156 valence electrons. The normalized spacial score (nSPS) is 17.7. The third-order valence-electron chi connectivity index (χ3n) is 5.14. The first-order chi connectivity index (χ1) is 12.8. The van der Waals surface area contributed by atoms with Crippen molar-refractivity contribution in [2.24, 2.45) is 5.92 Å². The van der Waals surface area contributed by atoms with Crippen LogP contribution in [0.25, 0.3) is 6.08 Å². The van der Waals surface area contributed by atoms with Crippen molar-refractivity contribution in [1.29, 1.82) is 0 Å². The van der Waals surface area contributed by atoms with Crippen molar-refractivity contribution in [2.75, 3.05) is 18.8 Å². The predicted molar refractivity (Wildman–Crippen MR) is 122 cm³/mol. The Bertz CT molecular complexity index is 716. The molecule has 0 unspecified atom stereocenters. The van der Waals surface area contributed by atoms with Crippen LogP contribution in [0.2, 0.25) is 0 Å². The lowest BCUT2D eigenvalue weighted by atomic mass is 9.78. The van der Waals surface area contributed by atoms with E-state index >= 15 is 0 Å². The summed E-state index contributed by atoms with van der Waals surface area (Å²) in [7, 11) is 0. The zero-order valence-electron chi connectivity index (χ0n) is 18.8. The lowest BCUT2D eigenvalue weighted by Gasteiger charge is -2.29. The van der Waals surface area contributed by atoms with Gasteiger partial charge in [-0.15, -0.1) is 11.8 Å². The Morgan fingerprint density at radius 2 is 1.64 bits per heavy atom. The van der Waals surface area contributed by atoms with Crippen LogP contribution in [0.1, 0.15) is 78.5 Å². The summed E-state index contributed by atoms with van der Waals surface area (Å²) in [6.07, 6.45) is 3.05. The maximum atomic E-state index is 13.0. The van der Waals surface area contributed by atoms with E-state index in [0.29, 0.717) is 11.7 Å². The molecule has 0 aromatic heterocycles. The van der Waals surface area contributed by atoms with E-state index in [0.717, 1.165) is 46.9 Å². The molecule has 1 fully saturated rings. The summed E-state index contributed by atoms with van der Waals surface area (Å²) in [6, 6.07) is 4.08. The van der Waals surface area contributed by atoms with Crippen molar-refractivity contribution < 1.29 is 9.90 Å². The Hall–Kier alpha value is -1.42.